The summed E-state index contributed by atoms with van der Waals surface area (Å²) in [6.07, 6.45) is 5.94. The van der Waals surface area contributed by atoms with Crippen LogP contribution in [0.15, 0.2) is 23.7 Å². The van der Waals surface area contributed by atoms with Gasteiger partial charge in [-0.3, -0.25) is 0 Å². The summed E-state index contributed by atoms with van der Waals surface area (Å²) >= 11 is 0. The van der Waals surface area contributed by atoms with Crippen molar-refractivity contribution in [3.63, 3.8) is 0 Å². The summed E-state index contributed by atoms with van der Waals surface area (Å²) in [7, 11) is 0. The van der Waals surface area contributed by atoms with Crippen LogP contribution >= 0.6 is 0 Å². The maximum Gasteiger partial charge on any atom is 0.338 e. The molecule has 0 radical (unpaired) electrons. The molecule has 0 amide bonds. The lowest BCUT2D eigenvalue weighted by molar-refractivity contribution is -0.139. The molecule has 2 rings (SSSR count). The highest BCUT2D eigenvalue weighted by Crippen LogP contribution is 2.42. The minimum Gasteiger partial charge on any atom is -0.465 e. The quantitative estimate of drug-likeness (QED) is 0.718. The average molecular weight is 250 g/mol. The van der Waals surface area contributed by atoms with Gasteiger partial charge in [0.2, 0.25) is 0 Å². The van der Waals surface area contributed by atoms with Crippen molar-refractivity contribution < 1.29 is 14.3 Å². The second kappa shape index (κ2) is 5.59. The molecule has 0 aromatic heterocycles. The van der Waals surface area contributed by atoms with Crippen molar-refractivity contribution in [2.24, 2.45) is 11.8 Å². The maximum absolute atomic E-state index is 12.1. The van der Waals surface area contributed by atoms with Crippen molar-refractivity contribution in [1.82, 2.24) is 0 Å². The molecule has 0 spiro atoms. The van der Waals surface area contributed by atoms with E-state index in [-0.39, 0.29) is 11.9 Å². The lowest BCUT2D eigenvalue weighted by atomic mass is 9.85. The van der Waals surface area contributed by atoms with Gasteiger partial charge in [-0.15, -0.1) is 0 Å². The third-order valence-electron chi connectivity index (χ3n) is 3.89. The van der Waals surface area contributed by atoms with Crippen LogP contribution < -0.4 is 0 Å². The largest absolute Gasteiger partial charge is 0.465 e. The Labute approximate surface area is 109 Å². The predicted octanol–water partition coefficient (Wildman–Crippen LogP) is 3.56. The van der Waals surface area contributed by atoms with Gasteiger partial charge in [0.1, 0.15) is 11.5 Å². The van der Waals surface area contributed by atoms with Crippen LogP contribution in [-0.4, -0.2) is 12.6 Å². The fourth-order valence-corrected chi connectivity index (χ4v) is 2.81. The molecular weight excluding hydrogens is 228 g/mol. The Kier molecular flexibility index (Phi) is 4.10. The van der Waals surface area contributed by atoms with E-state index in [1.807, 2.05) is 13.8 Å². The normalized spacial score (nSPS) is 25.2. The number of hydrogen-bond donors (Lipinski definition) is 0. The van der Waals surface area contributed by atoms with Crippen molar-refractivity contribution in [2.75, 3.05) is 6.61 Å². The summed E-state index contributed by atoms with van der Waals surface area (Å²) in [5.74, 6) is 1.62. The molecule has 0 aromatic rings. The van der Waals surface area contributed by atoms with Crippen LogP contribution in [0.4, 0.5) is 0 Å². The molecule has 3 nitrogen and oxygen atoms in total. The van der Waals surface area contributed by atoms with E-state index >= 15 is 0 Å². The number of ether oxygens (including phenoxy) is 2. The van der Waals surface area contributed by atoms with E-state index in [0.29, 0.717) is 23.9 Å². The summed E-state index contributed by atoms with van der Waals surface area (Å²) in [4.78, 5) is 12.1. The van der Waals surface area contributed by atoms with E-state index < -0.39 is 0 Å². The van der Waals surface area contributed by atoms with E-state index in [2.05, 4.69) is 6.58 Å². The number of hydrogen-bond acceptors (Lipinski definition) is 3. The molecule has 100 valence electrons. The van der Waals surface area contributed by atoms with E-state index in [0.717, 1.165) is 18.6 Å². The summed E-state index contributed by atoms with van der Waals surface area (Å²) in [6, 6.07) is 0. The summed E-state index contributed by atoms with van der Waals surface area (Å²) in [6.45, 7) is 8.09. The van der Waals surface area contributed by atoms with Gasteiger partial charge < -0.3 is 9.47 Å². The van der Waals surface area contributed by atoms with Gasteiger partial charge in [0, 0.05) is 11.8 Å². The third kappa shape index (κ3) is 2.45. The van der Waals surface area contributed by atoms with Crippen molar-refractivity contribution in [2.45, 2.75) is 46.0 Å². The Hall–Kier alpha value is -1.25. The Morgan fingerprint density at radius 2 is 2.06 bits per heavy atom. The molecule has 1 heterocycles. The first-order chi connectivity index (χ1) is 8.65. The number of esters is 1. The highest BCUT2D eigenvalue weighted by Gasteiger charge is 2.37. The molecule has 1 atom stereocenters. The smallest absolute Gasteiger partial charge is 0.338 e. The zero-order chi connectivity index (χ0) is 13.1. The summed E-state index contributed by atoms with van der Waals surface area (Å²) in [5, 5.41) is 0. The molecule has 0 N–H and O–H groups in total. The van der Waals surface area contributed by atoms with Crippen molar-refractivity contribution >= 4 is 5.97 Å². The molecule has 1 aliphatic heterocycles. The second-order valence-corrected chi connectivity index (χ2v) is 5.12. The highest BCUT2D eigenvalue weighted by molar-refractivity contribution is 5.91. The van der Waals surface area contributed by atoms with Crippen molar-refractivity contribution in [3.8, 4) is 0 Å². The van der Waals surface area contributed by atoms with Crippen LogP contribution in [0.5, 0.6) is 0 Å². The van der Waals surface area contributed by atoms with Crippen LogP contribution in [0.3, 0.4) is 0 Å². The average Bonchev–Trinajstić information content (AvgIpc) is 2.67. The second-order valence-electron chi connectivity index (χ2n) is 5.12. The van der Waals surface area contributed by atoms with Crippen LogP contribution in [0.25, 0.3) is 0 Å². The Balaban J connectivity index is 2.25. The van der Waals surface area contributed by atoms with E-state index in [9.17, 15) is 4.79 Å². The van der Waals surface area contributed by atoms with E-state index in [4.69, 9.17) is 9.47 Å². The first-order valence-corrected chi connectivity index (χ1v) is 6.93. The van der Waals surface area contributed by atoms with Gasteiger partial charge in [0.25, 0.3) is 0 Å². The molecule has 1 fully saturated rings. The zero-order valence-corrected chi connectivity index (χ0v) is 11.3. The lowest BCUT2D eigenvalue weighted by Crippen LogP contribution is -2.16. The molecule has 2 aliphatic rings. The molecule has 1 unspecified atom stereocenters. The lowest BCUT2D eigenvalue weighted by Gasteiger charge is -2.22. The zero-order valence-electron chi connectivity index (χ0n) is 11.3. The molecular formula is C15H22O3. The van der Waals surface area contributed by atoms with Gasteiger partial charge in [-0.25, -0.2) is 4.79 Å². The Morgan fingerprint density at radius 1 is 1.39 bits per heavy atom. The van der Waals surface area contributed by atoms with Gasteiger partial charge >= 0.3 is 5.97 Å². The fourth-order valence-electron chi connectivity index (χ4n) is 2.81. The van der Waals surface area contributed by atoms with Gasteiger partial charge in [0.15, 0.2) is 0 Å². The fraction of sp³-hybridized carbons (Fsp3) is 0.667. The highest BCUT2D eigenvalue weighted by atomic mass is 16.5. The first kappa shape index (κ1) is 13.2. The summed E-state index contributed by atoms with van der Waals surface area (Å²) < 4.78 is 10.9. The van der Waals surface area contributed by atoms with Crippen molar-refractivity contribution in [1.29, 1.82) is 0 Å². The van der Waals surface area contributed by atoms with Crippen LogP contribution in [0, 0.1) is 11.8 Å². The molecule has 3 heteroatoms. The van der Waals surface area contributed by atoms with E-state index in [1.165, 1.54) is 19.3 Å². The van der Waals surface area contributed by atoms with E-state index in [1.54, 1.807) is 0 Å². The molecule has 0 aromatic carbocycles. The number of allylic oxidation sites excluding steroid dienone is 2. The molecule has 1 aliphatic carbocycles. The predicted molar refractivity (Wildman–Crippen MR) is 69.6 cm³/mol. The SMILES string of the molecule is C=C1OC(C2CCCCC2)=C(C(=O)OCC)C1C. The van der Waals surface area contributed by atoms with Crippen molar-refractivity contribution in [3.05, 3.63) is 23.7 Å². The van der Waals surface area contributed by atoms with Gasteiger partial charge in [-0.1, -0.05) is 32.8 Å². The van der Waals surface area contributed by atoms with Gasteiger partial charge in [-0.2, -0.15) is 0 Å². The summed E-state index contributed by atoms with van der Waals surface area (Å²) in [5.41, 5.74) is 0.703. The minimum absolute atomic E-state index is 0.0408. The molecule has 1 saturated carbocycles. The molecule has 0 bridgehead atoms. The third-order valence-corrected chi connectivity index (χ3v) is 3.89. The number of carbonyl (C=O) groups excluding carboxylic acids is 1. The number of rotatable bonds is 3. The Bertz CT molecular complexity index is 375. The minimum atomic E-state index is -0.232. The van der Waals surface area contributed by atoms with Crippen LogP contribution in [0.2, 0.25) is 0 Å². The number of carbonyl (C=O) groups is 1. The molecule has 0 saturated heterocycles. The van der Waals surface area contributed by atoms with Gasteiger partial charge in [0.05, 0.1) is 12.2 Å². The van der Waals surface area contributed by atoms with Gasteiger partial charge in [-0.05, 0) is 19.8 Å². The first-order valence-electron chi connectivity index (χ1n) is 6.93. The Morgan fingerprint density at radius 3 is 2.67 bits per heavy atom. The molecule has 18 heavy (non-hydrogen) atoms. The van der Waals surface area contributed by atoms with Crippen LogP contribution in [-0.2, 0) is 14.3 Å². The van der Waals surface area contributed by atoms with Crippen LogP contribution in [0.1, 0.15) is 46.0 Å². The maximum atomic E-state index is 12.1. The topological polar surface area (TPSA) is 35.5 Å². The monoisotopic (exact) mass is 250 g/mol. The standard InChI is InChI=1S/C15H22O3/c1-4-17-15(16)13-10(2)11(3)18-14(13)12-8-6-5-7-9-12/h10,12H,3-9H2,1-2H3.